The third-order valence-corrected chi connectivity index (χ3v) is 5.63. The van der Waals surface area contributed by atoms with Gasteiger partial charge in [0.1, 0.15) is 5.52 Å². The van der Waals surface area contributed by atoms with Crippen molar-refractivity contribution in [1.29, 1.82) is 0 Å². The molecule has 5 heteroatoms. The van der Waals surface area contributed by atoms with Crippen LogP contribution in [-0.4, -0.2) is 40.9 Å². The van der Waals surface area contributed by atoms with E-state index in [1.165, 1.54) is 37.9 Å². The van der Waals surface area contributed by atoms with Crippen LogP contribution in [0.25, 0.3) is 11.0 Å². The Hall–Kier alpha value is -2.79. The minimum Gasteiger partial charge on any atom is -0.322 e. The summed E-state index contributed by atoms with van der Waals surface area (Å²) in [5, 5.41) is 2.98. The second-order valence-electron chi connectivity index (χ2n) is 7.67. The fourth-order valence-electron chi connectivity index (χ4n) is 3.85. The van der Waals surface area contributed by atoms with Crippen molar-refractivity contribution in [2.75, 3.05) is 25.5 Å². The van der Waals surface area contributed by atoms with Crippen molar-refractivity contribution in [3.63, 3.8) is 0 Å². The fraction of sp³-hybridized carbons (Fsp3) is 0.348. The quantitative estimate of drug-likeness (QED) is 0.729. The number of likely N-dealkylation sites (tertiary alicyclic amines) is 1. The minimum atomic E-state index is -0.162. The number of carbonyl (C=O) groups is 1. The molecule has 1 N–H and O–H groups in total. The number of hydrogen-bond acceptors (Lipinski definition) is 4. The Balaban J connectivity index is 1.37. The van der Waals surface area contributed by atoms with Gasteiger partial charge in [0.05, 0.1) is 11.1 Å². The summed E-state index contributed by atoms with van der Waals surface area (Å²) >= 11 is 0. The second-order valence-corrected chi connectivity index (χ2v) is 7.67. The number of piperidine rings is 1. The van der Waals surface area contributed by atoms with Gasteiger partial charge in [-0.1, -0.05) is 18.2 Å². The van der Waals surface area contributed by atoms with E-state index in [4.69, 9.17) is 0 Å². The molecule has 0 saturated carbocycles. The van der Waals surface area contributed by atoms with Crippen LogP contribution >= 0.6 is 0 Å². The van der Waals surface area contributed by atoms with E-state index >= 15 is 0 Å². The summed E-state index contributed by atoms with van der Waals surface area (Å²) in [7, 11) is 2.20. The first-order chi connectivity index (χ1) is 13.7. The fourth-order valence-corrected chi connectivity index (χ4v) is 3.85. The highest BCUT2D eigenvalue weighted by Gasteiger charge is 2.16. The lowest BCUT2D eigenvalue weighted by molar-refractivity contribution is 0.102. The van der Waals surface area contributed by atoms with Crippen molar-refractivity contribution < 1.29 is 4.79 Å². The molecule has 5 nitrogen and oxygen atoms in total. The molecule has 1 aliphatic rings. The van der Waals surface area contributed by atoms with Crippen molar-refractivity contribution in [2.24, 2.45) is 5.92 Å². The van der Waals surface area contributed by atoms with Gasteiger partial charge in [-0.05, 0) is 81.6 Å². The van der Waals surface area contributed by atoms with Gasteiger partial charge in [-0.2, -0.15) is 0 Å². The Morgan fingerprint density at radius 3 is 2.61 bits per heavy atom. The van der Waals surface area contributed by atoms with Crippen LogP contribution in [0.15, 0.2) is 54.9 Å². The summed E-state index contributed by atoms with van der Waals surface area (Å²) in [6, 6.07) is 13.7. The normalized spacial score (nSPS) is 15.6. The van der Waals surface area contributed by atoms with E-state index in [0.29, 0.717) is 11.1 Å². The summed E-state index contributed by atoms with van der Waals surface area (Å²) < 4.78 is 0. The molecule has 0 atom stereocenters. The lowest BCUT2D eigenvalue weighted by atomic mass is 9.91. The van der Waals surface area contributed by atoms with Gasteiger partial charge in [0.25, 0.3) is 5.91 Å². The highest BCUT2D eigenvalue weighted by Crippen LogP contribution is 2.22. The molecule has 0 radical (unpaired) electrons. The monoisotopic (exact) mass is 374 g/mol. The maximum absolute atomic E-state index is 12.7. The minimum absolute atomic E-state index is 0.162. The summed E-state index contributed by atoms with van der Waals surface area (Å²) in [6.07, 6.45) is 8.19. The number of nitrogens with zero attached hydrogens (tertiary/aromatic N) is 3. The largest absolute Gasteiger partial charge is 0.322 e. The maximum atomic E-state index is 12.7. The van der Waals surface area contributed by atoms with Crippen LogP contribution < -0.4 is 5.32 Å². The van der Waals surface area contributed by atoms with Gasteiger partial charge in [-0.3, -0.25) is 14.8 Å². The number of hydrogen-bond donors (Lipinski definition) is 1. The van der Waals surface area contributed by atoms with Gasteiger partial charge in [-0.25, -0.2) is 0 Å². The number of aryl methyl sites for hydroxylation is 1. The Morgan fingerprint density at radius 1 is 1.07 bits per heavy atom. The topological polar surface area (TPSA) is 58.1 Å². The van der Waals surface area contributed by atoms with E-state index in [-0.39, 0.29) is 5.91 Å². The van der Waals surface area contributed by atoms with E-state index in [2.05, 4.69) is 39.4 Å². The molecule has 2 aromatic carbocycles. The number of rotatable bonds is 5. The van der Waals surface area contributed by atoms with Crippen LogP contribution in [0, 0.1) is 5.92 Å². The van der Waals surface area contributed by atoms with Gasteiger partial charge in [0, 0.05) is 18.1 Å². The third kappa shape index (κ3) is 4.37. The highest BCUT2D eigenvalue weighted by molar-refractivity contribution is 6.11. The molecule has 144 valence electrons. The number of carbonyl (C=O) groups excluding carboxylic acids is 1. The van der Waals surface area contributed by atoms with Crippen LogP contribution in [-0.2, 0) is 6.42 Å². The summed E-state index contributed by atoms with van der Waals surface area (Å²) in [5.74, 6) is 0.674. The number of para-hydroxylation sites is 1. The van der Waals surface area contributed by atoms with Crippen LogP contribution in [0.1, 0.15) is 35.2 Å². The standard InChI is InChI=1S/C23H26N4O/c1-27-15-11-18(12-16-27)6-5-17-7-9-19(10-8-17)26-23(28)20-3-2-4-21-22(20)25-14-13-24-21/h2-4,7-10,13-14,18H,5-6,11-12,15-16H2,1H3,(H,26,28). The van der Waals surface area contributed by atoms with Crippen molar-refractivity contribution in [3.8, 4) is 0 Å². The van der Waals surface area contributed by atoms with Gasteiger partial charge >= 0.3 is 0 Å². The first-order valence-corrected chi connectivity index (χ1v) is 9.97. The first kappa shape index (κ1) is 18.6. The number of amides is 1. The number of anilines is 1. The number of nitrogens with one attached hydrogen (secondary N) is 1. The molecule has 0 spiro atoms. The molecule has 1 amide bonds. The van der Waals surface area contributed by atoms with Crippen LogP contribution in [0.4, 0.5) is 5.69 Å². The van der Waals surface area contributed by atoms with E-state index in [9.17, 15) is 4.79 Å². The number of fused-ring (bicyclic) bond motifs is 1. The number of benzene rings is 2. The Kier molecular flexibility index (Phi) is 5.63. The van der Waals surface area contributed by atoms with Gasteiger partial charge < -0.3 is 10.2 Å². The lowest BCUT2D eigenvalue weighted by Gasteiger charge is -2.28. The Labute approximate surface area is 165 Å². The van der Waals surface area contributed by atoms with E-state index in [1.807, 2.05) is 24.3 Å². The predicted molar refractivity (Wildman–Crippen MR) is 112 cm³/mol. The molecule has 1 fully saturated rings. The smallest absolute Gasteiger partial charge is 0.257 e. The maximum Gasteiger partial charge on any atom is 0.257 e. The third-order valence-electron chi connectivity index (χ3n) is 5.63. The van der Waals surface area contributed by atoms with E-state index < -0.39 is 0 Å². The Morgan fingerprint density at radius 2 is 1.82 bits per heavy atom. The molecule has 0 unspecified atom stereocenters. The van der Waals surface area contributed by atoms with Crippen LogP contribution in [0.3, 0.4) is 0 Å². The molecule has 2 heterocycles. The molecular formula is C23H26N4O. The molecular weight excluding hydrogens is 348 g/mol. The SMILES string of the molecule is CN1CCC(CCc2ccc(NC(=O)c3cccc4nccnc34)cc2)CC1. The summed E-state index contributed by atoms with van der Waals surface area (Å²) in [6.45, 7) is 2.43. The van der Waals surface area contributed by atoms with Crippen molar-refractivity contribution >= 4 is 22.6 Å². The first-order valence-electron chi connectivity index (χ1n) is 9.97. The van der Waals surface area contributed by atoms with Crippen LogP contribution in [0.5, 0.6) is 0 Å². The summed E-state index contributed by atoms with van der Waals surface area (Å²) in [5.41, 5.74) is 4.01. The molecule has 1 aromatic heterocycles. The zero-order valence-electron chi connectivity index (χ0n) is 16.3. The number of aromatic nitrogens is 2. The molecule has 28 heavy (non-hydrogen) atoms. The molecule has 4 rings (SSSR count). The lowest BCUT2D eigenvalue weighted by Crippen LogP contribution is -2.30. The zero-order chi connectivity index (χ0) is 19.3. The highest BCUT2D eigenvalue weighted by atomic mass is 16.1. The second kappa shape index (κ2) is 8.48. The van der Waals surface area contributed by atoms with Gasteiger partial charge in [0.15, 0.2) is 0 Å². The van der Waals surface area contributed by atoms with Crippen molar-refractivity contribution in [3.05, 3.63) is 66.0 Å². The predicted octanol–water partition coefficient (Wildman–Crippen LogP) is 4.16. The van der Waals surface area contributed by atoms with Crippen LogP contribution in [0.2, 0.25) is 0 Å². The van der Waals surface area contributed by atoms with Crippen molar-refractivity contribution in [2.45, 2.75) is 25.7 Å². The average Bonchev–Trinajstić information content (AvgIpc) is 2.74. The van der Waals surface area contributed by atoms with Gasteiger partial charge in [-0.15, -0.1) is 0 Å². The van der Waals surface area contributed by atoms with Gasteiger partial charge in [0.2, 0.25) is 0 Å². The summed E-state index contributed by atoms with van der Waals surface area (Å²) in [4.78, 5) is 23.7. The molecule has 0 aliphatic carbocycles. The van der Waals surface area contributed by atoms with Crippen molar-refractivity contribution in [1.82, 2.24) is 14.9 Å². The molecule has 0 bridgehead atoms. The zero-order valence-corrected chi connectivity index (χ0v) is 16.3. The molecule has 1 saturated heterocycles. The molecule has 1 aliphatic heterocycles. The van der Waals surface area contributed by atoms with E-state index in [1.54, 1.807) is 18.5 Å². The van der Waals surface area contributed by atoms with E-state index in [0.717, 1.165) is 23.5 Å². The molecule has 3 aromatic rings. The average molecular weight is 374 g/mol. The Bertz CT molecular complexity index is 941.